The van der Waals surface area contributed by atoms with E-state index in [0.29, 0.717) is 11.0 Å². The molecule has 0 aliphatic heterocycles. The van der Waals surface area contributed by atoms with Crippen LogP contribution in [0.1, 0.15) is 10.7 Å². The third-order valence-electron chi connectivity index (χ3n) is 2.00. The molecule has 110 valence electrons. The van der Waals surface area contributed by atoms with Crippen LogP contribution in [-0.4, -0.2) is 48.9 Å². The van der Waals surface area contributed by atoms with E-state index in [1.165, 1.54) is 0 Å². The van der Waals surface area contributed by atoms with Gasteiger partial charge in [-0.15, -0.1) is 35.3 Å². The lowest BCUT2D eigenvalue weighted by Crippen LogP contribution is -2.35. The van der Waals surface area contributed by atoms with Crippen LogP contribution in [0.5, 0.6) is 0 Å². The Labute approximate surface area is 131 Å². The van der Waals surface area contributed by atoms with Gasteiger partial charge in [-0.05, 0) is 0 Å². The summed E-state index contributed by atoms with van der Waals surface area (Å²) >= 11 is 0.967. The van der Waals surface area contributed by atoms with Gasteiger partial charge in [0.15, 0.2) is 11.7 Å². The fourth-order valence-corrected chi connectivity index (χ4v) is 2.06. The van der Waals surface area contributed by atoms with Crippen molar-refractivity contribution in [2.75, 3.05) is 28.2 Å². The molecule has 0 bridgehead atoms. The summed E-state index contributed by atoms with van der Waals surface area (Å²) in [6, 6.07) is 0. The molecule has 0 unspecified atom stereocenters. The first-order chi connectivity index (χ1) is 8.21. The highest BCUT2D eigenvalue weighted by Crippen LogP contribution is 2.30. The number of alkyl halides is 3. The van der Waals surface area contributed by atoms with Crippen molar-refractivity contribution in [3.8, 4) is 0 Å². The second-order valence-corrected chi connectivity index (χ2v) is 4.97. The van der Waals surface area contributed by atoms with Gasteiger partial charge < -0.3 is 9.80 Å². The molecule has 0 radical (unpaired) electrons. The Morgan fingerprint density at radius 1 is 1.26 bits per heavy atom. The maximum Gasteiger partial charge on any atom is 0.434 e. The molecule has 0 amide bonds. The van der Waals surface area contributed by atoms with Gasteiger partial charge in [0.2, 0.25) is 0 Å². The van der Waals surface area contributed by atoms with Crippen LogP contribution in [0.2, 0.25) is 0 Å². The van der Waals surface area contributed by atoms with Crippen LogP contribution in [0, 0.1) is 0 Å². The SMILES string of the molecule is CN(C)C(=NCc1nc(C(F)(F)F)cs1)N(C)C.I. The van der Waals surface area contributed by atoms with E-state index in [9.17, 15) is 13.2 Å². The molecule has 9 heteroatoms. The summed E-state index contributed by atoms with van der Waals surface area (Å²) in [7, 11) is 7.29. The topological polar surface area (TPSA) is 31.7 Å². The van der Waals surface area contributed by atoms with Crippen LogP contribution < -0.4 is 0 Å². The van der Waals surface area contributed by atoms with Crippen molar-refractivity contribution < 1.29 is 13.2 Å². The third kappa shape index (κ3) is 5.51. The lowest BCUT2D eigenvalue weighted by Gasteiger charge is -2.22. The molecule has 4 nitrogen and oxygen atoms in total. The Morgan fingerprint density at radius 2 is 1.79 bits per heavy atom. The van der Waals surface area contributed by atoms with E-state index in [1.54, 1.807) is 9.80 Å². The number of thiazole rings is 1. The number of aromatic nitrogens is 1. The molecule has 0 aliphatic carbocycles. The van der Waals surface area contributed by atoms with Crippen LogP contribution in [-0.2, 0) is 12.7 Å². The highest BCUT2D eigenvalue weighted by molar-refractivity contribution is 14.0. The van der Waals surface area contributed by atoms with Crippen molar-refractivity contribution in [1.82, 2.24) is 14.8 Å². The van der Waals surface area contributed by atoms with Crippen LogP contribution in [0.15, 0.2) is 10.4 Å². The van der Waals surface area contributed by atoms with Crippen molar-refractivity contribution in [1.29, 1.82) is 0 Å². The molecule has 0 aliphatic rings. The van der Waals surface area contributed by atoms with E-state index in [4.69, 9.17) is 0 Å². The normalized spacial score (nSPS) is 10.7. The van der Waals surface area contributed by atoms with Crippen molar-refractivity contribution in [2.24, 2.45) is 4.99 Å². The van der Waals surface area contributed by atoms with Crippen LogP contribution in [0.3, 0.4) is 0 Å². The summed E-state index contributed by atoms with van der Waals surface area (Å²) in [5.74, 6) is 0.679. The number of hydrogen-bond donors (Lipinski definition) is 0. The second kappa shape index (κ2) is 7.27. The Hall–Kier alpha value is -0.580. The Morgan fingerprint density at radius 3 is 2.16 bits per heavy atom. The molecule has 0 N–H and O–H groups in total. The van der Waals surface area contributed by atoms with Crippen LogP contribution >= 0.6 is 35.3 Å². The largest absolute Gasteiger partial charge is 0.434 e. The molecule has 0 atom stereocenters. The quantitative estimate of drug-likeness (QED) is 0.429. The maximum absolute atomic E-state index is 12.3. The van der Waals surface area contributed by atoms with Crippen LogP contribution in [0.4, 0.5) is 13.2 Å². The molecule has 1 heterocycles. The molecule has 0 saturated heterocycles. The molecular weight excluding hydrogens is 392 g/mol. The summed E-state index contributed by atoms with van der Waals surface area (Å²) in [6.45, 7) is 0.145. The lowest BCUT2D eigenvalue weighted by molar-refractivity contribution is -0.140. The second-order valence-electron chi connectivity index (χ2n) is 4.03. The zero-order chi connectivity index (χ0) is 13.9. The van der Waals surface area contributed by atoms with Gasteiger partial charge in [0, 0.05) is 33.6 Å². The fourth-order valence-electron chi connectivity index (χ4n) is 1.33. The third-order valence-corrected chi connectivity index (χ3v) is 2.83. The maximum atomic E-state index is 12.3. The van der Waals surface area contributed by atoms with E-state index in [0.717, 1.165) is 16.7 Å². The minimum absolute atomic E-state index is 0. The summed E-state index contributed by atoms with van der Waals surface area (Å²) in [5.41, 5.74) is -0.853. The molecule has 0 saturated carbocycles. The monoisotopic (exact) mass is 408 g/mol. The predicted molar refractivity (Wildman–Crippen MR) is 81.0 cm³/mol. The average molecular weight is 408 g/mol. The van der Waals surface area contributed by atoms with Gasteiger partial charge in [-0.3, -0.25) is 0 Å². The highest BCUT2D eigenvalue weighted by Gasteiger charge is 2.33. The van der Waals surface area contributed by atoms with E-state index >= 15 is 0 Å². The molecule has 19 heavy (non-hydrogen) atoms. The molecule has 1 rings (SSSR count). The Balaban J connectivity index is 0.00000324. The minimum atomic E-state index is -4.38. The average Bonchev–Trinajstić information content (AvgIpc) is 2.64. The highest BCUT2D eigenvalue weighted by atomic mass is 127. The summed E-state index contributed by atoms with van der Waals surface area (Å²) in [6.07, 6.45) is -4.38. The first-order valence-electron chi connectivity index (χ1n) is 5.12. The van der Waals surface area contributed by atoms with Crippen molar-refractivity contribution in [3.05, 3.63) is 16.1 Å². The van der Waals surface area contributed by atoms with Gasteiger partial charge in [-0.2, -0.15) is 13.2 Å². The Bertz CT molecular complexity index is 419. The van der Waals surface area contributed by atoms with Crippen molar-refractivity contribution >= 4 is 41.3 Å². The number of aliphatic imine (C=N–C) groups is 1. The summed E-state index contributed by atoms with van der Waals surface area (Å²) < 4.78 is 37.0. The van der Waals surface area contributed by atoms with Crippen LogP contribution in [0.25, 0.3) is 0 Å². The smallest absolute Gasteiger partial charge is 0.349 e. The zero-order valence-electron chi connectivity index (χ0n) is 11.0. The predicted octanol–water partition coefficient (Wildman–Crippen LogP) is 2.76. The van der Waals surface area contributed by atoms with E-state index < -0.39 is 11.9 Å². The first-order valence-corrected chi connectivity index (χ1v) is 6.00. The van der Waals surface area contributed by atoms with Gasteiger partial charge in [0.05, 0.1) is 6.54 Å². The molecular formula is C10H16F3IN4S. The van der Waals surface area contributed by atoms with Gasteiger partial charge >= 0.3 is 6.18 Å². The standard InChI is InChI=1S/C10H15F3N4S.HI/c1-16(2)9(17(3)4)14-5-8-15-7(6-18-8)10(11,12)13;/h6H,5H2,1-4H3;1H. The van der Waals surface area contributed by atoms with Crippen molar-refractivity contribution in [2.45, 2.75) is 12.7 Å². The van der Waals surface area contributed by atoms with Gasteiger partial charge in [0.25, 0.3) is 0 Å². The number of halogens is 4. The first kappa shape index (κ1) is 18.4. The number of nitrogens with zero attached hydrogens (tertiary/aromatic N) is 4. The zero-order valence-corrected chi connectivity index (χ0v) is 14.2. The van der Waals surface area contributed by atoms with Gasteiger partial charge in [-0.25, -0.2) is 9.98 Å². The molecule has 0 spiro atoms. The molecule has 1 aromatic heterocycles. The van der Waals surface area contributed by atoms with E-state index in [2.05, 4.69) is 9.98 Å². The number of hydrogen-bond acceptors (Lipinski definition) is 3. The van der Waals surface area contributed by atoms with E-state index in [1.807, 2.05) is 28.2 Å². The van der Waals surface area contributed by atoms with Gasteiger partial charge in [0.1, 0.15) is 5.01 Å². The van der Waals surface area contributed by atoms with E-state index in [-0.39, 0.29) is 30.5 Å². The van der Waals surface area contributed by atoms with Gasteiger partial charge in [-0.1, -0.05) is 0 Å². The number of rotatable bonds is 2. The molecule has 0 aromatic carbocycles. The molecule has 0 fully saturated rings. The number of guanidine groups is 1. The lowest BCUT2D eigenvalue weighted by atomic mass is 10.5. The fraction of sp³-hybridized carbons (Fsp3) is 0.600. The van der Waals surface area contributed by atoms with Crippen molar-refractivity contribution in [3.63, 3.8) is 0 Å². The molecule has 1 aromatic rings. The Kier molecular flexibility index (Phi) is 7.05. The minimum Gasteiger partial charge on any atom is -0.349 e. The summed E-state index contributed by atoms with van der Waals surface area (Å²) in [4.78, 5) is 11.3. The summed E-state index contributed by atoms with van der Waals surface area (Å²) in [5, 5.41) is 1.36.